The summed E-state index contributed by atoms with van der Waals surface area (Å²) < 4.78 is 2.06. The first-order chi connectivity index (χ1) is 10.7. The van der Waals surface area contributed by atoms with Gasteiger partial charge in [-0.25, -0.2) is 0 Å². The number of benzene rings is 1. The molecule has 0 aliphatic carbocycles. The molecule has 0 saturated carbocycles. The van der Waals surface area contributed by atoms with Crippen LogP contribution in [-0.4, -0.2) is 33.2 Å². The fourth-order valence-electron chi connectivity index (χ4n) is 2.24. The Kier molecular flexibility index (Phi) is 4.27. The van der Waals surface area contributed by atoms with Crippen LogP contribution in [0.4, 0.5) is 0 Å². The van der Waals surface area contributed by atoms with Crippen LogP contribution in [0.3, 0.4) is 0 Å². The van der Waals surface area contributed by atoms with Crippen molar-refractivity contribution in [3.05, 3.63) is 57.8 Å². The number of H-pyrrole nitrogens is 1. The molecule has 0 amide bonds. The highest BCUT2D eigenvalue weighted by Gasteiger charge is 2.13. The minimum Gasteiger partial charge on any atom is -0.342 e. The number of halogens is 2. The second kappa shape index (κ2) is 6.34. The van der Waals surface area contributed by atoms with Crippen LogP contribution in [0.5, 0.6) is 0 Å². The summed E-state index contributed by atoms with van der Waals surface area (Å²) in [5, 5.41) is 12.2. The Hall–Kier alpha value is -2.11. The van der Waals surface area contributed by atoms with Crippen molar-refractivity contribution < 1.29 is 0 Å². The standard InChI is InChI=1S/C15H13Cl2N5/c1-18-8-13-15(20-21-19-13)14-3-2-6-22(14)9-10-4-5-11(16)7-12(10)17/h2-8H,9H2,1H3,(H,19,20,21). The molecule has 2 heterocycles. The molecule has 0 saturated heterocycles. The molecule has 22 heavy (non-hydrogen) atoms. The minimum absolute atomic E-state index is 0.619. The van der Waals surface area contributed by atoms with Gasteiger partial charge in [-0.2, -0.15) is 15.4 Å². The highest BCUT2D eigenvalue weighted by atomic mass is 35.5. The molecule has 0 aliphatic heterocycles. The molecular weight excluding hydrogens is 321 g/mol. The molecule has 0 aliphatic rings. The van der Waals surface area contributed by atoms with Crippen LogP contribution < -0.4 is 0 Å². The van der Waals surface area contributed by atoms with Gasteiger partial charge in [0.25, 0.3) is 0 Å². The third-order valence-electron chi connectivity index (χ3n) is 3.25. The molecule has 0 spiro atoms. The zero-order chi connectivity index (χ0) is 15.5. The number of hydrogen-bond acceptors (Lipinski definition) is 3. The summed E-state index contributed by atoms with van der Waals surface area (Å²) in [6.45, 7) is 0.619. The number of nitrogens with one attached hydrogen (secondary N) is 1. The van der Waals surface area contributed by atoms with Gasteiger partial charge in [-0.1, -0.05) is 29.3 Å². The maximum atomic E-state index is 6.25. The van der Waals surface area contributed by atoms with Gasteiger partial charge in [0.05, 0.1) is 11.9 Å². The molecule has 2 aromatic heterocycles. The molecule has 112 valence electrons. The Morgan fingerprint density at radius 3 is 2.91 bits per heavy atom. The second-order valence-electron chi connectivity index (χ2n) is 4.70. The number of hydrogen-bond donors (Lipinski definition) is 1. The minimum atomic E-state index is 0.619. The summed E-state index contributed by atoms with van der Waals surface area (Å²) in [5.41, 5.74) is 3.37. The third kappa shape index (κ3) is 2.91. The summed E-state index contributed by atoms with van der Waals surface area (Å²) in [6, 6.07) is 9.44. The number of aromatic nitrogens is 4. The van der Waals surface area contributed by atoms with Gasteiger partial charge in [0.2, 0.25) is 0 Å². The van der Waals surface area contributed by atoms with E-state index in [0.29, 0.717) is 22.3 Å². The molecule has 0 radical (unpaired) electrons. The molecule has 7 heteroatoms. The van der Waals surface area contributed by atoms with Crippen molar-refractivity contribution in [1.29, 1.82) is 0 Å². The largest absolute Gasteiger partial charge is 0.342 e. The maximum absolute atomic E-state index is 6.25. The number of nitrogens with zero attached hydrogens (tertiary/aromatic N) is 4. The van der Waals surface area contributed by atoms with E-state index < -0.39 is 0 Å². The van der Waals surface area contributed by atoms with Gasteiger partial charge in [0, 0.05) is 29.8 Å². The summed E-state index contributed by atoms with van der Waals surface area (Å²) in [7, 11) is 1.70. The normalized spacial score (nSPS) is 11.4. The van der Waals surface area contributed by atoms with E-state index in [1.807, 2.05) is 30.5 Å². The number of aliphatic imine (C=N–C) groups is 1. The van der Waals surface area contributed by atoms with Crippen LogP contribution in [0.2, 0.25) is 10.0 Å². The molecule has 0 atom stereocenters. The van der Waals surface area contributed by atoms with E-state index in [4.69, 9.17) is 23.2 Å². The zero-order valence-electron chi connectivity index (χ0n) is 11.8. The van der Waals surface area contributed by atoms with Crippen LogP contribution in [-0.2, 0) is 6.54 Å². The third-order valence-corrected chi connectivity index (χ3v) is 3.84. The van der Waals surface area contributed by atoms with Crippen LogP contribution in [0.15, 0.2) is 41.5 Å². The lowest BCUT2D eigenvalue weighted by molar-refractivity contribution is 0.810. The van der Waals surface area contributed by atoms with E-state index in [-0.39, 0.29) is 0 Å². The molecule has 1 N–H and O–H groups in total. The van der Waals surface area contributed by atoms with Crippen LogP contribution in [0, 0.1) is 0 Å². The Morgan fingerprint density at radius 1 is 1.27 bits per heavy atom. The molecule has 0 bridgehead atoms. The van der Waals surface area contributed by atoms with Crippen LogP contribution >= 0.6 is 23.2 Å². The van der Waals surface area contributed by atoms with Gasteiger partial charge >= 0.3 is 0 Å². The summed E-state index contributed by atoms with van der Waals surface area (Å²) in [4.78, 5) is 3.99. The summed E-state index contributed by atoms with van der Waals surface area (Å²) in [6.07, 6.45) is 3.65. The van der Waals surface area contributed by atoms with Gasteiger partial charge in [0.15, 0.2) is 0 Å². The van der Waals surface area contributed by atoms with Gasteiger partial charge in [-0.15, -0.1) is 0 Å². The van der Waals surface area contributed by atoms with Gasteiger partial charge in [-0.3, -0.25) is 4.99 Å². The van der Waals surface area contributed by atoms with E-state index in [0.717, 1.165) is 17.0 Å². The summed E-state index contributed by atoms with van der Waals surface area (Å²) in [5.74, 6) is 0. The topological polar surface area (TPSA) is 58.9 Å². The Labute approximate surface area is 137 Å². The van der Waals surface area contributed by atoms with Crippen molar-refractivity contribution in [2.24, 2.45) is 4.99 Å². The van der Waals surface area contributed by atoms with E-state index in [9.17, 15) is 0 Å². The van der Waals surface area contributed by atoms with Gasteiger partial charge in [0.1, 0.15) is 11.4 Å². The predicted molar refractivity (Wildman–Crippen MR) is 88.9 cm³/mol. The Bertz CT molecular complexity index is 819. The number of rotatable bonds is 4. The first-order valence-electron chi connectivity index (χ1n) is 6.61. The smallest absolute Gasteiger partial charge is 0.138 e. The van der Waals surface area contributed by atoms with Crippen molar-refractivity contribution in [3.8, 4) is 11.4 Å². The molecule has 1 aromatic carbocycles. The molecule has 3 rings (SSSR count). The molecule has 0 unspecified atom stereocenters. The fourth-order valence-corrected chi connectivity index (χ4v) is 2.71. The molecule has 5 nitrogen and oxygen atoms in total. The quantitative estimate of drug-likeness (QED) is 0.740. The van der Waals surface area contributed by atoms with Crippen molar-refractivity contribution >= 4 is 29.4 Å². The SMILES string of the molecule is CN=Cc1n[nH]nc1-c1cccn1Cc1ccc(Cl)cc1Cl. The molecular formula is C15H13Cl2N5. The summed E-state index contributed by atoms with van der Waals surface area (Å²) >= 11 is 12.2. The van der Waals surface area contributed by atoms with Crippen molar-refractivity contribution in [3.63, 3.8) is 0 Å². The van der Waals surface area contributed by atoms with Gasteiger partial charge in [-0.05, 0) is 29.8 Å². The predicted octanol–water partition coefficient (Wildman–Crippen LogP) is 3.68. The molecule has 3 aromatic rings. The monoisotopic (exact) mass is 333 g/mol. The highest BCUT2D eigenvalue weighted by Crippen LogP contribution is 2.25. The first kappa shape index (κ1) is 14.8. The highest BCUT2D eigenvalue weighted by molar-refractivity contribution is 6.35. The van der Waals surface area contributed by atoms with Gasteiger partial charge < -0.3 is 4.57 Å². The van der Waals surface area contributed by atoms with E-state index in [2.05, 4.69) is 25.0 Å². The average molecular weight is 334 g/mol. The average Bonchev–Trinajstić information content (AvgIpc) is 3.11. The fraction of sp³-hybridized carbons (Fsp3) is 0.133. The van der Waals surface area contributed by atoms with Crippen LogP contribution in [0.1, 0.15) is 11.3 Å². The molecule has 0 fully saturated rings. The van der Waals surface area contributed by atoms with Crippen molar-refractivity contribution in [2.75, 3.05) is 7.05 Å². The zero-order valence-corrected chi connectivity index (χ0v) is 13.3. The Morgan fingerprint density at radius 2 is 2.14 bits per heavy atom. The van der Waals surface area contributed by atoms with E-state index >= 15 is 0 Å². The number of aromatic amines is 1. The second-order valence-corrected chi connectivity index (χ2v) is 5.55. The Balaban J connectivity index is 1.97. The van der Waals surface area contributed by atoms with E-state index in [1.54, 1.807) is 19.3 Å². The lowest BCUT2D eigenvalue weighted by atomic mass is 10.2. The lowest BCUT2D eigenvalue weighted by Crippen LogP contribution is -2.02. The lowest BCUT2D eigenvalue weighted by Gasteiger charge is -2.10. The van der Waals surface area contributed by atoms with Crippen LogP contribution in [0.25, 0.3) is 11.4 Å². The first-order valence-corrected chi connectivity index (χ1v) is 7.37. The van der Waals surface area contributed by atoms with Crippen molar-refractivity contribution in [1.82, 2.24) is 20.0 Å². The maximum Gasteiger partial charge on any atom is 0.138 e. The van der Waals surface area contributed by atoms with Crippen molar-refractivity contribution in [2.45, 2.75) is 6.54 Å². The van der Waals surface area contributed by atoms with E-state index in [1.165, 1.54) is 0 Å².